The molecule has 1 saturated carbocycles. The zero-order valence-corrected chi connectivity index (χ0v) is 22.8. The molecule has 4 amide bonds. The van der Waals surface area contributed by atoms with Gasteiger partial charge >= 0.3 is 16.3 Å². The van der Waals surface area contributed by atoms with Crippen molar-refractivity contribution in [3.05, 3.63) is 41.4 Å². The number of ether oxygens (including phenoxy) is 1. The number of benzene rings is 1. The number of anilines is 1. The second-order valence-corrected chi connectivity index (χ2v) is 11.8. The molecule has 5 N–H and O–H groups in total. The standard InChI is InChI=1S/C25H32ClN5O7S/c26-17-10-6-7-11-18(17)29-39(36,37)30-23(34)25-15-16(25)9-4-2-1-3-5-13-20(38-24(27)35)22(33)31-14-8-12-19(31)21(32)28-25/h4,6-7,9-11,16,19-20,29H,1-3,5,8,12-15H2,(H2,27,35)(H,28,32)(H,30,34)/b9-4+. The number of allylic oxidation sites excluding steroid dienone is 1. The molecule has 12 nitrogen and oxygen atoms in total. The van der Waals surface area contributed by atoms with Gasteiger partial charge in [0.1, 0.15) is 11.6 Å². The van der Waals surface area contributed by atoms with E-state index in [0.29, 0.717) is 25.7 Å². The monoisotopic (exact) mass is 581 g/mol. The molecular weight excluding hydrogens is 550 g/mol. The van der Waals surface area contributed by atoms with Crippen molar-refractivity contribution < 1.29 is 32.3 Å². The number of nitrogens with one attached hydrogen (secondary N) is 3. The van der Waals surface area contributed by atoms with Gasteiger partial charge in [0.25, 0.3) is 11.8 Å². The quantitative estimate of drug-likeness (QED) is 0.384. The second kappa shape index (κ2) is 11.8. The van der Waals surface area contributed by atoms with E-state index in [9.17, 15) is 27.6 Å². The van der Waals surface area contributed by atoms with Crippen LogP contribution in [-0.2, 0) is 29.3 Å². The van der Waals surface area contributed by atoms with Gasteiger partial charge < -0.3 is 20.7 Å². The van der Waals surface area contributed by atoms with Crippen molar-refractivity contribution in [3.8, 4) is 0 Å². The summed E-state index contributed by atoms with van der Waals surface area (Å²) in [7, 11) is -4.38. The van der Waals surface area contributed by atoms with Gasteiger partial charge in [-0.1, -0.05) is 42.3 Å². The molecule has 0 spiro atoms. The lowest BCUT2D eigenvalue weighted by atomic mass is 10.1. The Kier molecular flexibility index (Phi) is 8.70. The third kappa shape index (κ3) is 6.82. The fourth-order valence-corrected chi connectivity index (χ4v) is 6.29. The number of hydrogen-bond donors (Lipinski definition) is 4. The topological polar surface area (TPSA) is 177 Å². The maximum atomic E-state index is 13.4. The summed E-state index contributed by atoms with van der Waals surface area (Å²) < 4.78 is 34.8. The summed E-state index contributed by atoms with van der Waals surface area (Å²) in [5.74, 6) is -2.44. The van der Waals surface area contributed by atoms with Crippen LogP contribution >= 0.6 is 11.6 Å². The van der Waals surface area contributed by atoms with E-state index in [4.69, 9.17) is 22.1 Å². The maximum Gasteiger partial charge on any atom is 0.405 e. The average molecular weight is 582 g/mol. The molecule has 2 aliphatic heterocycles. The first-order valence-electron chi connectivity index (χ1n) is 12.9. The molecule has 212 valence electrons. The van der Waals surface area contributed by atoms with Crippen molar-refractivity contribution in [2.75, 3.05) is 11.3 Å². The molecule has 0 radical (unpaired) electrons. The molecule has 1 aromatic carbocycles. The van der Waals surface area contributed by atoms with E-state index in [1.165, 1.54) is 17.0 Å². The molecule has 4 rings (SSSR count). The van der Waals surface area contributed by atoms with E-state index in [2.05, 4.69) is 10.0 Å². The summed E-state index contributed by atoms with van der Waals surface area (Å²) in [4.78, 5) is 52.8. The lowest BCUT2D eigenvalue weighted by Crippen LogP contribution is -2.57. The highest BCUT2D eigenvalue weighted by atomic mass is 35.5. The van der Waals surface area contributed by atoms with Gasteiger partial charge in [-0.15, -0.1) is 0 Å². The summed E-state index contributed by atoms with van der Waals surface area (Å²) in [6, 6.07) is 5.24. The minimum Gasteiger partial charge on any atom is -0.436 e. The van der Waals surface area contributed by atoms with Gasteiger partial charge in [0.15, 0.2) is 6.10 Å². The van der Waals surface area contributed by atoms with Crippen LogP contribution in [0.2, 0.25) is 5.02 Å². The number of halogens is 1. The van der Waals surface area contributed by atoms with Gasteiger partial charge in [-0.3, -0.25) is 19.1 Å². The third-order valence-electron chi connectivity index (χ3n) is 7.19. The number of primary amides is 1. The minimum atomic E-state index is -4.38. The number of fused-ring (bicyclic) bond motifs is 2. The fourth-order valence-electron chi connectivity index (χ4n) is 5.10. The van der Waals surface area contributed by atoms with Crippen molar-refractivity contribution in [2.24, 2.45) is 11.7 Å². The van der Waals surface area contributed by atoms with E-state index in [0.717, 1.165) is 12.8 Å². The normalized spacial score (nSPS) is 28.5. The average Bonchev–Trinajstić information content (AvgIpc) is 3.33. The molecule has 4 atom stereocenters. The van der Waals surface area contributed by atoms with Gasteiger partial charge in [-0.05, 0) is 57.1 Å². The first kappa shape index (κ1) is 28.7. The first-order chi connectivity index (χ1) is 18.5. The van der Waals surface area contributed by atoms with Crippen LogP contribution in [0.5, 0.6) is 0 Å². The van der Waals surface area contributed by atoms with E-state index < -0.39 is 57.6 Å². The summed E-state index contributed by atoms with van der Waals surface area (Å²) in [6.07, 6.45) is 5.72. The van der Waals surface area contributed by atoms with Gasteiger partial charge in [0.2, 0.25) is 5.91 Å². The number of nitrogens with zero attached hydrogens (tertiary/aromatic N) is 1. The van der Waals surface area contributed by atoms with Crippen molar-refractivity contribution in [3.63, 3.8) is 0 Å². The summed E-state index contributed by atoms with van der Waals surface area (Å²) in [6.45, 7) is 0.272. The first-order valence-corrected chi connectivity index (χ1v) is 14.7. The Morgan fingerprint density at radius 3 is 2.64 bits per heavy atom. The molecule has 0 bridgehead atoms. The van der Waals surface area contributed by atoms with Crippen LogP contribution in [0, 0.1) is 5.92 Å². The van der Waals surface area contributed by atoms with E-state index in [1.54, 1.807) is 12.1 Å². The number of hydrogen-bond acceptors (Lipinski definition) is 7. The summed E-state index contributed by atoms with van der Waals surface area (Å²) in [5, 5.41) is 2.88. The Balaban J connectivity index is 1.56. The van der Waals surface area contributed by atoms with Crippen LogP contribution < -0.4 is 20.5 Å². The van der Waals surface area contributed by atoms with E-state index in [1.807, 2.05) is 16.9 Å². The van der Waals surface area contributed by atoms with Crippen LogP contribution in [0.15, 0.2) is 36.4 Å². The molecule has 39 heavy (non-hydrogen) atoms. The Hall–Kier alpha value is -3.32. The number of amides is 4. The number of carbonyl (C=O) groups excluding carboxylic acids is 4. The Bertz CT molecular complexity index is 1270. The fraction of sp³-hybridized carbons (Fsp3) is 0.520. The predicted octanol–water partition coefficient (Wildman–Crippen LogP) is 1.96. The molecule has 1 aliphatic carbocycles. The van der Waals surface area contributed by atoms with Gasteiger partial charge in [-0.25, -0.2) is 9.52 Å². The number of para-hydroxylation sites is 1. The molecule has 4 unspecified atom stereocenters. The molecule has 1 aromatic rings. The lowest BCUT2D eigenvalue weighted by molar-refractivity contribution is -0.146. The van der Waals surface area contributed by atoms with Crippen LogP contribution in [0.3, 0.4) is 0 Å². The Morgan fingerprint density at radius 2 is 1.90 bits per heavy atom. The van der Waals surface area contributed by atoms with Crippen LogP contribution in [0.25, 0.3) is 0 Å². The van der Waals surface area contributed by atoms with Crippen molar-refractivity contribution in [1.29, 1.82) is 0 Å². The van der Waals surface area contributed by atoms with Crippen LogP contribution in [-0.4, -0.2) is 61.4 Å². The second-order valence-electron chi connectivity index (χ2n) is 9.97. The van der Waals surface area contributed by atoms with E-state index >= 15 is 0 Å². The summed E-state index contributed by atoms with van der Waals surface area (Å²) >= 11 is 6.04. The SMILES string of the molecule is NC(=O)OC1CCCCC/C=C/C2CC2(C(=O)NS(=O)(=O)Nc2ccccc2Cl)NC(=O)C2CCCN2C1=O. The third-order valence-corrected chi connectivity index (χ3v) is 8.46. The summed E-state index contributed by atoms with van der Waals surface area (Å²) in [5.41, 5.74) is 3.76. The molecular formula is C25H32ClN5O7S. The van der Waals surface area contributed by atoms with Crippen LogP contribution in [0.4, 0.5) is 10.5 Å². The lowest BCUT2D eigenvalue weighted by Gasteiger charge is -2.29. The highest BCUT2D eigenvalue weighted by Gasteiger charge is 2.61. The largest absolute Gasteiger partial charge is 0.436 e. The van der Waals surface area contributed by atoms with Gasteiger partial charge in [0, 0.05) is 12.5 Å². The van der Waals surface area contributed by atoms with Gasteiger partial charge in [-0.2, -0.15) is 8.42 Å². The molecule has 14 heteroatoms. The highest BCUT2D eigenvalue weighted by molar-refractivity contribution is 7.91. The van der Waals surface area contributed by atoms with E-state index in [-0.39, 0.29) is 30.1 Å². The number of carbonyl (C=O) groups is 4. The Morgan fingerprint density at radius 1 is 1.13 bits per heavy atom. The van der Waals surface area contributed by atoms with Gasteiger partial charge in [0.05, 0.1) is 10.7 Å². The molecule has 0 aromatic heterocycles. The van der Waals surface area contributed by atoms with Crippen molar-refractivity contribution in [2.45, 2.75) is 69.1 Å². The zero-order chi connectivity index (χ0) is 28.2. The maximum absolute atomic E-state index is 13.4. The minimum absolute atomic E-state index is 0.0863. The molecule has 3 aliphatic rings. The molecule has 2 heterocycles. The molecule has 1 saturated heterocycles. The van der Waals surface area contributed by atoms with Crippen molar-refractivity contribution in [1.82, 2.24) is 14.9 Å². The Labute approximate surface area is 231 Å². The van der Waals surface area contributed by atoms with Crippen molar-refractivity contribution >= 4 is 51.3 Å². The smallest absolute Gasteiger partial charge is 0.405 e. The number of nitrogens with two attached hydrogens (primary N) is 1. The molecule has 2 fully saturated rings. The van der Waals surface area contributed by atoms with Crippen LogP contribution in [0.1, 0.15) is 51.4 Å². The zero-order valence-electron chi connectivity index (χ0n) is 21.2. The predicted molar refractivity (Wildman–Crippen MR) is 143 cm³/mol. The number of rotatable bonds is 5. The highest BCUT2D eigenvalue weighted by Crippen LogP contribution is 2.45.